The van der Waals surface area contributed by atoms with Crippen LogP contribution in [0.3, 0.4) is 0 Å². The van der Waals surface area contributed by atoms with Gasteiger partial charge in [-0.15, -0.1) is 0 Å². The molecule has 0 saturated carbocycles. The van der Waals surface area contributed by atoms with E-state index in [9.17, 15) is 9.18 Å². The van der Waals surface area contributed by atoms with Gasteiger partial charge in [0.05, 0.1) is 11.7 Å². The number of hydrogen-bond donors (Lipinski definition) is 0. The number of benzene rings is 2. The molecule has 2 heterocycles. The van der Waals surface area contributed by atoms with Crippen molar-refractivity contribution in [3.05, 3.63) is 76.6 Å². The molecule has 0 radical (unpaired) electrons. The number of carbonyl (C=O) groups excluding carboxylic acids is 1. The second-order valence-corrected chi connectivity index (χ2v) is 10.2. The van der Waals surface area contributed by atoms with Gasteiger partial charge in [0, 0.05) is 55.9 Å². The molecule has 0 aromatic heterocycles. The first-order valence-electron chi connectivity index (χ1n) is 11.9. The quantitative estimate of drug-likeness (QED) is 0.561. The van der Waals surface area contributed by atoms with Crippen molar-refractivity contribution in [2.45, 2.75) is 32.0 Å². The lowest BCUT2D eigenvalue weighted by atomic mass is 9.99. The van der Waals surface area contributed by atoms with Gasteiger partial charge in [-0.1, -0.05) is 42.4 Å². The van der Waals surface area contributed by atoms with Crippen LogP contribution in [0.4, 0.5) is 10.1 Å². The van der Waals surface area contributed by atoms with E-state index < -0.39 is 0 Å². The Balaban J connectivity index is 1.55. The molecule has 2 aliphatic rings. The fourth-order valence-corrected chi connectivity index (χ4v) is 5.16. The number of piperazine rings is 1. The van der Waals surface area contributed by atoms with Crippen LogP contribution in [0, 0.1) is 5.82 Å². The van der Waals surface area contributed by atoms with Crippen molar-refractivity contribution in [3.63, 3.8) is 0 Å². The minimum Gasteiger partial charge on any atom is -0.359 e. The summed E-state index contributed by atoms with van der Waals surface area (Å²) in [6.45, 7) is 10.2. The Kier molecular flexibility index (Phi) is 7.60. The minimum atomic E-state index is -0.349. The summed E-state index contributed by atoms with van der Waals surface area (Å²) in [5.41, 5.74) is 3.34. The van der Waals surface area contributed by atoms with Crippen molar-refractivity contribution in [1.29, 1.82) is 0 Å². The number of amides is 1. The summed E-state index contributed by atoms with van der Waals surface area (Å²) < 4.78 is 14.9. The Morgan fingerprint density at radius 3 is 2.47 bits per heavy atom. The van der Waals surface area contributed by atoms with Crippen molar-refractivity contribution in [3.8, 4) is 0 Å². The molecule has 0 N–H and O–H groups in total. The second-order valence-electron chi connectivity index (χ2n) is 9.72. The van der Waals surface area contributed by atoms with Crippen molar-refractivity contribution < 1.29 is 9.18 Å². The van der Waals surface area contributed by atoms with E-state index >= 15 is 0 Å². The number of likely N-dealkylation sites (tertiary alicyclic amines) is 1. The van der Waals surface area contributed by atoms with Gasteiger partial charge in [0.15, 0.2) is 0 Å². The van der Waals surface area contributed by atoms with Crippen LogP contribution in [0.25, 0.3) is 0 Å². The van der Waals surface area contributed by atoms with E-state index in [1.165, 1.54) is 18.1 Å². The molecule has 7 heteroatoms. The summed E-state index contributed by atoms with van der Waals surface area (Å²) >= 11 is 5.99. The SMILES string of the molecule is C=C(C)C(=O)N1CCN(c2ccc(Cl)cc2F)[C@H](c2ccc(CN3CC[C@H](N(C)C)C3)cc2)C1. The lowest BCUT2D eigenvalue weighted by Gasteiger charge is -2.43. The molecular weight excluding hydrogens is 451 g/mol. The third kappa shape index (κ3) is 5.45. The third-order valence-electron chi connectivity index (χ3n) is 7.00. The van der Waals surface area contributed by atoms with Crippen LogP contribution in [0.5, 0.6) is 0 Å². The van der Waals surface area contributed by atoms with E-state index in [1.807, 2.05) is 9.80 Å². The number of rotatable bonds is 6. The van der Waals surface area contributed by atoms with Gasteiger partial charge in [-0.2, -0.15) is 0 Å². The van der Waals surface area contributed by atoms with Gasteiger partial charge < -0.3 is 14.7 Å². The number of carbonyl (C=O) groups is 1. The monoisotopic (exact) mass is 484 g/mol. The van der Waals surface area contributed by atoms with E-state index in [0.717, 1.165) is 25.2 Å². The normalized spacial score (nSPS) is 21.4. The van der Waals surface area contributed by atoms with Crippen LogP contribution < -0.4 is 4.90 Å². The number of halogens is 2. The Morgan fingerprint density at radius 1 is 1.12 bits per heavy atom. The third-order valence-corrected chi connectivity index (χ3v) is 7.24. The van der Waals surface area contributed by atoms with Crippen LogP contribution in [0.15, 0.2) is 54.6 Å². The predicted molar refractivity (Wildman–Crippen MR) is 137 cm³/mol. The highest BCUT2D eigenvalue weighted by molar-refractivity contribution is 6.30. The van der Waals surface area contributed by atoms with Gasteiger partial charge in [-0.05, 0) is 56.8 Å². The molecule has 0 aliphatic carbocycles. The second kappa shape index (κ2) is 10.5. The van der Waals surface area contributed by atoms with Gasteiger partial charge in [-0.3, -0.25) is 9.69 Å². The first-order chi connectivity index (χ1) is 16.2. The molecule has 0 spiro atoms. The number of likely N-dealkylation sites (N-methyl/N-ethyl adjacent to an activating group) is 1. The van der Waals surface area contributed by atoms with E-state index in [2.05, 4.69) is 54.7 Å². The molecule has 2 atom stereocenters. The summed E-state index contributed by atoms with van der Waals surface area (Å²) in [6, 6.07) is 13.8. The van der Waals surface area contributed by atoms with Crippen LogP contribution in [0.1, 0.15) is 30.5 Å². The molecular formula is C27H34ClFN4O. The lowest BCUT2D eigenvalue weighted by Crippen LogP contribution is -2.51. The average molecular weight is 485 g/mol. The van der Waals surface area contributed by atoms with Crippen LogP contribution in [0.2, 0.25) is 5.02 Å². The Labute approximate surface area is 207 Å². The standard InChI is InChI=1S/C27H34ClFN4O/c1-19(2)27(34)32-13-14-33(25-10-9-22(28)15-24(25)29)26(18-32)21-7-5-20(6-8-21)16-31-12-11-23(17-31)30(3)4/h5-10,15,23,26H,1,11-14,16-18H2,2-4H3/t23-,26-/m0/s1. The Bertz CT molecular complexity index is 1040. The first kappa shape index (κ1) is 24.7. The molecule has 1 amide bonds. The topological polar surface area (TPSA) is 30.0 Å². The number of anilines is 1. The van der Waals surface area contributed by atoms with Crippen molar-refractivity contribution >= 4 is 23.2 Å². The van der Waals surface area contributed by atoms with E-state index in [4.69, 9.17) is 11.6 Å². The smallest absolute Gasteiger partial charge is 0.249 e. The summed E-state index contributed by atoms with van der Waals surface area (Å²) in [5.74, 6) is -0.402. The number of nitrogens with zero attached hydrogens (tertiary/aromatic N) is 4. The zero-order valence-corrected chi connectivity index (χ0v) is 21.1. The molecule has 4 rings (SSSR count). The molecule has 2 aromatic carbocycles. The van der Waals surface area contributed by atoms with Crippen LogP contribution in [-0.2, 0) is 11.3 Å². The maximum absolute atomic E-state index is 14.9. The fourth-order valence-electron chi connectivity index (χ4n) is 5.01. The van der Waals surface area contributed by atoms with Gasteiger partial charge in [0.1, 0.15) is 5.82 Å². The van der Waals surface area contributed by atoms with Gasteiger partial charge in [-0.25, -0.2) is 4.39 Å². The molecule has 182 valence electrons. The van der Waals surface area contributed by atoms with Gasteiger partial charge in [0.25, 0.3) is 0 Å². The van der Waals surface area contributed by atoms with Crippen molar-refractivity contribution in [2.75, 3.05) is 51.7 Å². The van der Waals surface area contributed by atoms with Crippen LogP contribution >= 0.6 is 11.6 Å². The zero-order valence-electron chi connectivity index (χ0n) is 20.3. The van der Waals surface area contributed by atoms with E-state index in [1.54, 1.807) is 19.1 Å². The molecule has 5 nitrogen and oxygen atoms in total. The lowest BCUT2D eigenvalue weighted by molar-refractivity contribution is -0.127. The summed E-state index contributed by atoms with van der Waals surface area (Å²) in [7, 11) is 4.29. The van der Waals surface area contributed by atoms with E-state index in [-0.39, 0.29) is 17.8 Å². The molecule has 2 aliphatic heterocycles. The van der Waals surface area contributed by atoms with Crippen molar-refractivity contribution in [2.24, 2.45) is 0 Å². The molecule has 2 aromatic rings. The summed E-state index contributed by atoms with van der Waals surface area (Å²) in [4.78, 5) is 21.3. The predicted octanol–water partition coefficient (Wildman–Crippen LogP) is 4.58. The highest BCUT2D eigenvalue weighted by Gasteiger charge is 2.32. The Morgan fingerprint density at radius 2 is 1.85 bits per heavy atom. The molecule has 2 fully saturated rings. The fraction of sp³-hybridized carbons (Fsp3) is 0.444. The highest BCUT2D eigenvalue weighted by Crippen LogP contribution is 2.34. The van der Waals surface area contributed by atoms with Crippen LogP contribution in [-0.4, -0.2) is 73.5 Å². The highest BCUT2D eigenvalue weighted by atomic mass is 35.5. The summed E-state index contributed by atoms with van der Waals surface area (Å²) in [5, 5.41) is 0.372. The van der Waals surface area contributed by atoms with Gasteiger partial charge >= 0.3 is 0 Å². The molecule has 0 bridgehead atoms. The molecule has 2 saturated heterocycles. The average Bonchev–Trinajstić information content (AvgIpc) is 3.28. The molecule has 0 unspecified atom stereocenters. The maximum atomic E-state index is 14.9. The largest absolute Gasteiger partial charge is 0.359 e. The first-order valence-corrected chi connectivity index (χ1v) is 12.2. The van der Waals surface area contributed by atoms with Gasteiger partial charge in [0.2, 0.25) is 5.91 Å². The number of hydrogen-bond acceptors (Lipinski definition) is 4. The minimum absolute atomic E-state index is 0.0534. The Hall–Kier alpha value is -2.41. The maximum Gasteiger partial charge on any atom is 0.249 e. The van der Waals surface area contributed by atoms with Crippen molar-refractivity contribution in [1.82, 2.24) is 14.7 Å². The molecule has 34 heavy (non-hydrogen) atoms. The van der Waals surface area contributed by atoms with E-state index in [0.29, 0.717) is 42.0 Å². The summed E-state index contributed by atoms with van der Waals surface area (Å²) in [6.07, 6.45) is 1.20. The zero-order chi connectivity index (χ0) is 24.4.